The molecule has 0 unspecified atom stereocenters. The highest BCUT2D eigenvalue weighted by molar-refractivity contribution is 7.98. The molecule has 0 aliphatic heterocycles. The van der Waals surface area contributed by atoms with E-state index in [9.17, 15) is 0 Å². The predicted octanol–water partition coefficient (Wildman–Crippen LogP) is 6.64. The lowest BCUT2D eigenvalue weighted by Gasteiger charge is -2.03. The molecule has 0 amide bonds. The van der Waals surface area contributed by atoms with Crippen molar-refractivity contribution in [3.8, 4) is 11.3 Å². The largest absolute Gasteiger partial charge is 0.286 e. The zero-order valence-corrected chi connectivity index (χ0v) is 16.6. The Labute approximate surface area is 163 Å². The fourth-order valence-electron chi connectivity index (χ4n) is 2.65. The van der Waals surface area contributed by atoms with Gasteiger partial charge >= 0.3 is 0 Å². The number of benzene rings is 2. The first-order valence-electron chi connectivity index (χ1n) is 8.55. The van der Waals surface area contributed by atoms with Crippen LogP contribution in [0.5, 0.6) is 0 Å². The average Bonchev–Trinajstić information content (AvgIpc) is 3.05. The van der Waals surface area contributed by atoms with Gasteiger partial charge in [-0.3, -0.25) is 3.97 Å². The van der Waals surface area contributed by atoms with E-state index in [0.29, 0.717) is 10.8 Å². The van der Waals surface area contributed by atoms with Crippen LogP contribution in [-0.2, 0) is 0 Å². The lowest BCUT2D eigenvalue weighted by molar-refractivity contribution is 1.06. The summed E-state index contributed by atoms with van der Waals surface area (Å²) in [5.41, 5.74) is 2.92. The molecule has 4 aromatic rings. The van der Waals surface area contributed by atoms with Crippen molar-refractivity contribution in [2.75, 3.05) is 0 Å². The minimum atomic E-state index is 0.563. The summed E-state index contributed by atoms with van der Waals surface area (Å²) >= 11 is 8.03. The monoisotopic (exact) mass is 381 g/mol. The molecular weight excluding hydrogens is 362 g/mol. The van der Waals surface area contributed by atoms with Crippen LogP contribution >= 0.6 is 23.5 Å². The van der Waals surface area contributed by atoms with Crippen molar-refractivity contribution in [1.82, 2.24) is 13.9 Å². The molecule has 0 aliphatic rings. The number of fused-ring (bicyclic) bond motifs is 1. The SMILES string of the molecule is CC.Cc1ncc(Cl)c(-c2cn(Sc3ccccc3)c3ccccc23)n1. The molecule has 2 aromatic carbocycles. The van der Waals surface area contributed by atoms with E-state index in [4.69, 9.17) is 11.6 Å². The molecule has 2 heterocycles. The Morgan fingerprint density at radius 1 is 0.962 bits per heavy atom. The number of hydrogen-bond acceptors (Lipinski definition) is 3. The second-order valence-electron chi connectivity index (χ2n) is 5.40. The number of rotatable bonds is 3. The third-order valence-corrected chi connectivity index (χ3v) is 5.00. The molecule has 3 nitrogen and oxygen atoms in total. The fourth-order valence-corrected chi connectivity index (χ4v) is 3.77. The Morgan fingerprint density at radius 3 is 2.42 bits per heavy atom. The molecule has 0 saturated heterocycles. The van der Waals surface area contributed by atoms with Gasteiger partial charge in [0.15, 0.2) is 0 Å². The van der Waals surface area contributed by atoms with E-state index in [1.807, 2.05) is 51.1 Å². The number of nitrogens with zero attached hydrogens (tertiary/aromatic N) is 3. The van der Waals surface area contributed by atoms with Crippen LogP contribution < -0.4 is 0 Å². The van der Waals surface area contributed by atoms with Crippen molar-refractivity contribution < 1.29 is 0 Å². The van der Waals surface area contributed by atoms with Crippen LogP contribution in [0, 0.1) is 6.92 Å². The van der Waals surface area contributed by atoms with Crippen LogP contribution in [-0.4, -0.2) is 13.9 Å². The molecule has 0 N–H and O–H groups in total. The molecule has 0 saturated carbocycles. The molecule has 26 heavy (non-hydrogen) atoms. The molecular formula is C21H20ClN3S. The van der Waals surface area contributed by atoms with Gasteiger partial charge in [-0.05, 0) is 37.1 Å². The van der Waals surface area contributed by atoms with E-state index < -0.39 is 0 Å². The Hall–Kier alpha value is -2.30. The number of aromatic nitrogens is 3. The highest BCUT2D eigenvalue weighted by atomic mass is 35.5. The van der Waals surface area contributed by atoms with E-state index >= 15 is 0 Å². The average molecular weight is 382 g/mol. The number of para-hydroxylation sites is 1. The molecule has 2 aromatic heterocycles. The quantitative estimate of drug-likeness (QED) is 0.398. The highest BCUT2D eigenvalue weighted by Crippen LogP contribution is 2.36. The molecule has 0 radical (unpaired) electrons. The van der Waals surface area contributed by atoms with Crippen LogP contribution in [0.15, 0.2) is 71.9 Å². The van der Waals surface area contributed by atoms with Gasteiger partial charge in [-0.2, -0.15) is 0 Å². The van der Waals surface area contributed by atoms with Crippen molar-refractivity contribution in [1.29, 1.82) is 0 Å². The molecule has 132 valence electrons. The van der Waals surface area contributed by atoms with Crippen molar-refractivity contribution in [2.45, 2.75) is 25.7 Å². The smallest absolute Gasteiger partial charge is 0.125 e. The van der Waals surface area contributed by atoms with E-state index in [2.05, 4.69) is 44.4 Å². The van der Waals surface area contributed by atoms with E-state index in [0.717, 1.165) is 22.2 Å². The maximum atomic E-state index is 6.36. The third kappa shape index (κ3) is 3.76. The van der Waals surface area contributed by atoms with E-state index in [1.165, 1.54) is 4.90 Å². The van der Waals surface area contributed by atoms with Crippen LogP contribution in [0.25, 0.3) is 22.2 Å². The van der Waals surface area contributed by atoms with Crippen molar-refractivity contribution in [2.24, 2.45) is 0 Å². The molecule has 0 spiro atoms. The lowest BCUT2D eigenvalue weighted by Crippen LogP contribution is -1.91. The standard InChI is InChI=1S/C19H14ClN3S.C2H6/c1-13-21-11-17(20)19(22-13)16-12-23(18-10-6-5-9-15(16)18)24-14-7-3-2-4-8-14;1-2/h2-12H,1H3;1-2H3. The zero-order valence-electron chi connectivity index (χ0n) is 15.0. The van der Waals surface area contributed by atoms with E-state index in [1.54, 1.807) is 18.1 Å². The number of halogens is 1. The second kappa shape index (κ2) is 8.39. The maximum absolute atomic E-state index is 6.36. The van der Waals surface area contributed by atoms with Gasteiger partial charge in [0.25, 0.3) is 0 Å². The fraction of sp³-hybridized carbons (Fsp3) is 0.143. The predicted molar refractivity (Wildman–Crippen MR) is 112 cm³/mol. The molecule has 0 bridgehead atoms. The summed E-state index contributed by atoms with van der Waals surface area (Å²) in [6.07, 6.45) is 3.76. The zero-order chi connectivity index (χ0) is 18.5. The van der Waals surface area contributed by atoms with Gasteiger partial charge in [-0.1, -0.05) is 61.8 Å². The first kappa shape index (κ1) is 18.5. The summed E-state index contributed by atoms with van der Waals surface area (Å²) in [6.45, 7) is 5.87. The minimum Gasteiger partial charge on any atom is -0.286 e. The van der Waals surface area contributed by atoms with Crippen LogP contribution in [0.3, 0.4) is 0 Å². The van der Waals surface area contributed by atoms with Gasteiger partial charge in [-0.15, -0.1) is 0 Å². The summed E-state index contributed by atoms with van der Waals surface area (Å²) in [5.74, 6) is 0.710. The summed E-state index contributed by atoms with van der Waals surface area (Å²) in [4.78, 5) is 9.89. The summed E-state index contributed by atoms with van der Waals surface area (Å²) in [6, 6.07) is 18.6. The van der Waals surface area contributed by atoms with Gasteiger partial charge < -0.3 is 0 Å². The van der Waals surface area contributed by atoms with E-state index in [-0.39, 0.29) is 0 Å². The molecule has 4 rings (SSSR count). The number of hydrogen-bond donors (Lipinski definition) is 0. The normalized spacial score (nSPS) is 10.5. The summed E-state index contributed by atoms with van der Waals surface area (Å²) in [5, 5.41) is 1.69. The lowest BCUT2D eigenvalue weighted by atomic mass is 10.1. The third-order valence-electron chi connectivity index (χ3n) is 3.74. The molecule has 0 aliphatic carbocycles. The van der Waals surface area contributed by atoms with Crippen LogP contribution in [0.4, 0.5) is 0 Å². The first-order chi connectivity index (χ1) is 12.7. The van der Waals surface area contributed by atoms with Crippen molar-refractivity contribution in [3.63, 3.8) is 0 Å². The first-order valence-corrected chi connectivity index (χ1v) is 9.70. The topological polar surface area (TPSA) is 30.7 Å². The Kier molecular flexibility index (Phi) is 5.96. The highest BCUT2D eigenvalue weighted by Gasteiger charge is 2.15. The van der Waals surface area contributed by atoms with Gasteiger partial charge in [0.1, 0.15) is 5.82 Å². The molecule has 0 fully saturated rings. The second-order valence-corrected chi connectivity index (χ2v) is 6.86. The molecule has 5 heteroatoms. The van der Waals surface area contributed by atoms with Crippen molar-refractivity contribution >= 4 is 34.5 Å². The van der Waals surface area contributed by atoms with Crippen molar-refractivity contribution in [3.05, 3.63) is 77.8 Å². The van der Waals surface area contributed by atoms with Gasteiger partial charge in [0.2, 0.25) is 0 Å². The summed E-state index contributed by atoms with van der Waals surface area (Å²) < 4.78 is 2.16. The van der Waals surface area contributed by atoms with Crippen LogP contribution in [0.1, 0.15) is 19.7 Å². The Balaban J connectivity index is 0.000000948. The van der Waals surface area contributed by atoms with Gasteiger partial charge in [0, 0.05) is 28.2 Å². The maximum Gasteiger partial charge on any atom is 0.125 e. The van der Waals surface area contributed by atoms with Gasteiger partial charge in [-0.25, -0.2) is 9.97 Å². The van der Waals surface area contributed by atoms with Crippen LogP contribution in [0.2, 0.25) is 5.02 Å². The minimum absolute atomic E-state index is 0.563. The number of aryl methyl sites for hydroxylation is 1. The molecule has 0 atom stereocenters. The Morgan fingerprint density at radius 2 is 1.65 bits per heavy atom. The Bertz CT molecular complexity index is 1010. The summed E-state index contributed by atoms with van der Waals surface area (Å²) in [7, 11) is 0. The van der Waals surface area contributed by atoms with Gasteiger partial charge in [0.05, 0.1) is 16.2 Å².